The van der Waals surface area contributed by atoms with E-state index in [1.807, 2.05) is 0 Å². The van der Waals surface area contributed by atoms with Crippen LogP contribution in [0.1, 0.15) is 19.3 Å². The topological polar surface area (TPSA) is 90.5 Å². The quantitative estimate of drug-likeness (QED) is 0.762. The number of nitrogens with one attached hydrogen (secondary N) is 3. The van der Waals surface area contributed by atoms with Crippen LogP contribution in [0.3, 0.4) is 0 Å². The number of anilines is 1. The van der Waals surface area contributed by atoms with Gasteiger partial charge in [0.05, 0.1) is 4.90 Å². The summed E-state index contributed by atoms with van der Waals surface area (Å²) in [5, 5.41) is 8.42. The van der Waals surface area contributed by atoms with Crippen LogP contribution in [-0.2, 0) is 10.0 Å². The van der Waals surface area contributed by atoms with Gasteiger partial charge in [-0.2, -0.15) is 4.31 Å². The molecule has 8 heteroatoms. The monoisotopic (exact) mass is 352 g/mol. The maximum Gasteiger partial charge on any atom is 0.318 e. The van der Waals surface area contributed by atoms with Crippen LogP contribution in [0.15, 0.2) is 29.2 Å². The number of rotatable bonds is 3. The number of nitrogens with zero attached hydrogens (tertiary/aromatic N) is 1. The van der Waals surface area contributed by atoms with Gasteiger partial charge in [-0.25, -0.2) is 13.2 Å². The fraction of sp³-hybridized carbons (Fsp3) is 0.562. The Morgan fingerprint density at radius 2 is 1.83 bits per heavy atom. The van der Waals surface area contributed by atoms with E-state index in [1.54, 1.807) is 28.6 Å². The van der Waals surface area contributed by atoms with E-state index in [2.05, 4.69) is 16.0 Å². The highest BCUT2D eigenvalue weighted by Gasteiger charge is 2.43. The van der Waals surface area contributed by atoms with E-state index in [0.29, 0.717) is 18.8 Å². The maximum atomic E-state index is 12.9. The molecule has 132 valence electrons. The van der Waals surface area contributed by atoms with Crippen molar-refractivity contribution >= 4 is 21.7 Å². The zero-order valence-electron chi connectivity index (χ0n) is 13.8. The summed E-state index contributed by atoms with van der Waals surface area (Å²) in [6.07, 6.45) is 3.01. The predicted octanol–water partition coefficient (Wildman–Crippen LogP) is 1.20. The average Bonchev–Trinajstić information content (AvgIpc) is 3.00. The lowest BCUT2D eigenvalue weighted by Crippen LogP contribution is -2.39. The minimum atomic E-state index is -3.48. The van der Waals surface area contributed by atoms with Gasteiger partial charge in [0.15, 0.2) is 0 Å². The summed E-state index contributed by atoms with van der Waals surface area (Å²) in [5.74, 6) is 0. The molecule has 0 aromatic heterocycles. The number of benzene rings is 1. The summed E-state index contributed by atoms with van der Waals surface area (Å²) in [7, 11) is -1.95. The van der Waals surface area contributed by atoms with Gasteiger partial charge in [-0.05, 0) is 62.0 Å². The Bertz CT molecular complexity index is 697. The molecular formula is C16H24N4O3S. The highest BCUT2D eigenvalue weighted by Crippen LogP contribution is 2.40. The van der Waals surface area contributed by atoms with Crippen LogP contribution in [-0.4, -0.2) is 52.0 Å². The average molecular weight is 352 g/mol. The number of carbonyl (C=O) groups excluding carboxylic acids is 1. The molecule has 2 heterocycles. The third kappa shape index (κ3) is 3.40. The van der Waals surface area contributed by atoms with Gasteiger partial charge in [0.25, 0.3) is 0 Å². The third-order valence-electron chi connectivity index (χ3n) is 5.04. The number of amides is 2. The Labute approximate surface area is 142 Å². The molecule has 2 amide bonds. The van der Waals surface area contributed by atoms with Crippen molar-refractivity contribution in [2.24, 2.45) is 5.41 Å². The second-order valence-corrected chi connectivity index (χ2v) is 8.51. The molecule has 24 heavy (non-hydrogen) atoms. The lowest BCUT2D eigenvalue weighted by Gasteiger charge is -2.33. The Morgan fingerprint density at radius 1 is 1.17 bits per heavy atom. The van der Waals surface area contributed by atoms with E-state index in [9.17, 15) is 13.2 Å². The molecule has 2 saturated heterocycles. The van der Waals surface area contributed by atoms with Crippen LogP contribution >= 0.6 is 0 Å². The molecule has 1 spiro atoms. The third-order valence-corrected chi connectivity index (χ3v) is 6.90. The first-order valence-corrected chi connectivity index (χ1v) is 9.69. The normalized spacial score (nSPS) is 20.9. The molecule has 7 nitrogen and oxygen atoms in total. The Morgan fingerprint density at radius 3 is 2.46 bits per heavy atom. The van der Waals surface area contributed by atoms with Crippen LogP contribution in [0, 0.1) is 5.41 Å². The first-order valence-electron chi connectivity index (χ1n) is 8.25. The predicted molar refractivity (Wildman–Crippen MR) is 92.4 cm³/mol. The fourth-order valence-corrected chi connectivity index (χ4v) is 5.07. The smallest absolute Gasteiger partial charge is 0.318 e. The minimum Gasteiger partial charge on any atom is -0.341 e. The van der Waals surface area contributed by atoms with Crippen molar-refractivity contribution in [2.75, 3.05) is 38.5 Å². The van der Waals surface area contributed by atoms with E-state index in [1.165, 1.54) is 7.05 Å². The molecule has 0 atom stereocenters. The highest BCUT2D eigenvalue weighted by molar-refractivity contribution is 7.89. The Kier molecular flexibility index (Phi) is 4.80. The van der Waals surface area contributed by atoms with Gasteiger partial charge < -0.3 is 16.0 Å². The van der Waals surface area contributed by atoms with Crippen molar-refractivity contribution in [3.8, 4) is 0 Å². The molecule has 0 saturated carbocycles. The zero-order chi connectivity index (χ0) is 17.2. The van der Waals surface area contributed by atoms with E-state index in [4.69, 9.17) is 0 Å². The molecule has 0 radical (unpaired) electrons. The second-order valence-electron chi connectivity index (χ2n) is 6.57. The van der Waals surface area contributed by atoms with Gasteiger partial charge in [0.2, 0.25) is 10.0 Å². The number of sulfonamides is 1. The molecule has 2 aliphatic rings. The lowest BCUT2D eigenvalue weighted by atomic mass is 9.78. The summed E-state index contributed by atoms with van der Waals surface area (Å²) in [5.41, 5.74) is 0.698. The molecule has 3 N–H and O–H groups in total. The van der Waals surface area contributed by atoms with Crippen molar-refractivity contribution in [3.05, 3.63) is 24.3 Å². The number of hydrogen-bond donors (Lipinski definition) is 3. The van der Waals surface area contributed by atoms with Crippen LogP contribution in [0.2, 0.25) is 0 Å². The summed E-state index contributed by atoms with van der Waals surface area (Å²) >= 11 is 0. The standard InChI is InChI=1S/C16H24N4O3S/c1-17-15(21)19-13-2-4-14(5-3-13)24(22,23)20-11-8-16(12-20)6-9-18-10-7-16/h2-5,18H,6-12H2,1H3,(H2,17,19,21). The maximum absolute atomic E-state index is 12.9. The molecule has 0 unspecified atom stereocenters. The van der Waals surface area contributed by atoms with Crippen molar-refractivity contribution in [2.45, 2.75) is 24.2 Å². The fourth-order valence-electron chi connectivity index (χ4n) is 3.52. The molecule has 0 bridgehead atoms. The van der Waals surface area contributed by atoms with Gasteiger partial charge in [-0.1, -0.05) is 0 Å². The van der Waals surface area contributed by atoms with Crippen molar-refractivity contribution in [3.63, 3.8) is 0 Å². The van der Waals surface area contributed by atoms with Crippen molar-refractivity contribution in [1.29, 1.82) is 0 Å². The van der Waals surface area contributed by atoms with E-state index >= 15 is 0 Å². The number of piperidine rings is 1. The molecule has 1 aromatic rings. The van der Waals surface area contributed by atoms with E-state index < -0.39 is 10.0 Å². The lowest BCUT2D eigenvalue weighted by molar-refractivity contribution is 0.218. The SMILES string of the molecule is CNC(=O)Nc1ccc(S(=O)(=O)N2CCC3(CCNCC3)C2)cc1. The van der Waals surface area contributed by atoms with Crippen molar-refractivity contribution in [1.82, 2.24) is 14.9 Å². The van der Waals surface area contributed by atoms with Crippen LogP contribution in [0.4, 0.5) is 10.5 Å². The Hall–Kier alpha value is -1.64. The molecule has 3 rings (SSSR count). The van der Waals surface area contributed by atoms with Gasteiger partial charge in [0.1, 0.15) is 0 Å². The number of hydrogen-bond acceptors (Lipinski definition) is 4. The molecule has 2 aliphatic heterocycles. The number of urea groups is 1. The van der Waals surface area contributed by atoms with Gasteiger partial charge in [-0.3, -0.25) is 0 Å². The summed E-state index contributed by atoms with van der Waals surface area (Å²) < 4.78 is 27.3. The first kappa shape index (κ1) is 17.2. The van der Waals surface area contributed by atoms with Crippen LogP contribution in [0.5, 0.6) is 0 Å². The van der Waals surface area contributed by atoms with Crippen molar-refractivity contribution < 1.29 is 13.2 Å². The second kappa shape index (κ2) is 6.70. The zero-order valence-corrected chi connectivity index (χ0v) is 14.7. The molecule has 0 aliphatic carbocycles. The van der Waals surface area contributed by atoms with Crippen LogP contribution < -0.4 is 16.0 Å². The highest BCUT2D eigenvalue weighted by atomic mass is 32.2. The molecular weight excluding hydrogens is 328 g/mol. The molecule has 2 fully saturated rings. The number of carbonyl (C=O) groups is 1. The van der Waals surface area contributed by atoms with E-state index in [0.717, 1.165) is 32.4 Å². The summed E-state index contributed by atoms with van der Waals surface area (Å²) in [6, 6.07) is 5.98. The summed E-state index contributed by atoms with van der Waals surface area (Å²) in [4.78, 5) is 11.6. The van der Waals surface area contributed by atoms with Gasteiger partial charge >= 0.3 is 6.03 Å². The Balaban J connectivity index is 1.72. The van der Waals surface area contributed by atoms with Gasteiger partial charge in [0, 0.05) is 25.8 Å². The summed E-state index contributed by atoms with van der Waals surface area (Å²) in [6.45, 7) is 3.12. The largest absolute Gasteiger partial charge is 0.341 e. The van der Waals surface area contributed by atoms with Gasteiger partial charge in [-0.15, -0.1) is 0 Å². The van der Waals surface area contributed by atoms with E-state index in [-0.39, 0.29) is 16.3 Å². The first-order chi connectivity index (χ1) is 11.5. The minimum absolute atomic E-state index is 0.138. The molecule has 1 aromatic carbocycles. The van der Waals surface area contributed by atoms with Crippen LogP contribution in [0.25, 0.3) is 0 Å².